The van der Waals surface area contributed by atoms with Crippen LogP contribution in [0.3, 0.4) is 0 Å². The smallest absolute Gasteiger partial charge is 0.251 e. The molecule has 2 aromatic rings. The molecular weight excluding hydrogens is 342 g/mol. The second-order valence-corrected chi connectivity index (χ2v) is 7.16. The summed E-state index contributed by atoms with van der Waals surface area (Å²) < 4.78 is 1.74. The first-order valence-electron chi connectivity index (χ1n) is 9.69. The summed E-state index contributed by atoms with van der Waals surface area (Å²) in [5.74, 6) is 1.45. The van der Waals surface area contributed by atoms with Crippen LogP contribution in [0.1, 0.15) is 41.9 Å². The third-order valence-electron chi connectivity index (χ3n) is 5.25. The van der Waals surface area contributed by atoms with Crippen molar-refractivity contribution in [2.45, 2.75) is 38.6 Å². The Morgan fingerprint density at radius 2 is 2.07 bits per heavy atom. The van der Waals surface area contributed by atoms with Crippen LogP contribution in [0.25, 0.3) is 11.4 Å². The molecule has 7 nitrogen and oxygen atoms in total. The molecule has 27 heavy (non-hydrogen) atoms. The third kappa shape index (κ3) is 4.93. The highest BCUT2D eigenvalue weighted by atomic mass is 16.3. The summed E-state index contributed by atoms with van der Waals surface area (Å²) in [5.41, 5.74) is 1.54. The summed E-state index contributed by atoms with van der Waals surface area (Å²) in [7, 11) is 1.86. The molecule has 0 saturated carbocycles. The number of aliphatic hydroxyl groups excluding tert-OH is 1. The lowest BCUT2D eigenvalue weighted by atomic mass is 10.0. The molecule has 1 aliphatic rings. The molecule has 1 aromatic carbocycles. The van der Waals surface area contributed by atoms with E-state index < -0.39 is 0 Å². The number of aliphatic hydroxyl groups is 1. The molecule has 2 heterocycles. The van der Waals surface area contributed by atoms with Crippen molar-refractivity contribution < 1.29 is 9.90 Å². The quantitative estimate of drug-likeness (QED) is 0.725. The van der Waals surface area contributed by atoms with Gasteiger partial charge in [-0.25, -0.2) is 4.98 Å². The number of benzene rings is 1. The maximum atomic E-state index is 12.3. The average molecular weight is 371 g/mol. The van der Waals surface area contributed by atoms with E-state index in [0.29, 0.717) is 17.9 Å². The molecule has 0 radical (unpaired) electrons. The minimum atomic E-state index is -0.0657. The van der Waals surface area contributed by atoms with Crippen LogP contribution in [0, 0.1) is 6.92 Å². The number of likely N-dealkylation sites (tertiary alicyclic amines) is 1. The Bertz CT molecular complexity index is 737. The molecule has 1 aliphatic heterocycles. The SMILES string of the molecule is Cc1nc(-c2ccc(C(=O)NCCCN3CCCC[C@H]3CO)cc2)nn1C. The molecular formula is C20H29N5O2. The third-order valence-corrected chi connectivity index (χ3v) is 5.25. The predicted molar refractivity (Wildman–Crippen MR) is 104 cm³/mol. The van der Waals surface area contributed by atoms with Gasteiger partial charge in [0.1, 0.15) is 5.82 Å². The van der Waals surface area contributed by atoms with Crippen molar-refractivity contribution in [2.24, 2.45) is 7.05 Å². The summed E-state index contributed by atoms with van der Waals surface area (Å²) >= 11 is 0. The lowest BCUT2D eigenvalue weighted by molar-refractivity contribution is 0.0868. The Hall–Kier alpha value is -2.25. The number of piperidine rings is 1. The molecule has 1 atom stereocenters. The highest BCUT2D eigenvalue weighted by Crippen LogP contribution is 2.17. The number of nitrogens with zero attached hydrogens (tertiary/aromatic N) is 4. The van der Waals surface area contributed by atoms with Gasteiger partial charge in [-0.2, -0.15) is 5.10 Å². The molecule has 0 unspecified atom stereocenters. The molecule has 3 rings (SSSR count). The van der Waals surface area contributed by atoms with Crippen molar-refractivity contribution in [3.63, 3.8) is 0 Å². The highest BCUT2D eigenvalue weighted by Gasteiger charge is 2.20. The number of carbonyl (C=O) groups is 1. The maximum Gasteiger partial charge on any atom is 0.251 e. The van der Waals surface area contributed by atoms with Gasteiger partial charge < -0.3 is 10.4 Å². The fourth-order valence-corrected chi connectivity index (χ4v) is 3.50. The van der Waals surface area contributed by atoms with Gasteiger partial charge >= 0.3 is 0 Å². The van der Waals surface area contributed by atoms with E-state index >= 15 is 0 Å². The van der Waals surface area contributed by atoms with Gasteiger partial charge in [0.05, 0.1) is 6.61 Å². The zero-order chi connectivity index (χ0) is 19.2. The Balaban J connectivity index is 1.47. The molecule has 1 fully saturated rings. The van der Waals surface area contributed by atoms with Crippen molar-refractivity contribution >= 4 is 5.91 Å². The molecule has 146 valence electrons. The molecule has 0 bridgehead atoms. The van der Waals surface area contributed by atoms with Gasteiger partial charge in [-0.15, -0.1) is 0 Å². The van der Waals surface area contributed by atoms with E-state index in [1.807, 2.05) is 38.2 Å². The van der Waals surface area contributed by atoms with Crippen molar-refractivity contribution in [3.05, 3.63) is 35.7 Å². The van der Waals surface area contributed by atoms with Gasteiger partial charge in [-0.05, 0) is 44.9 Å². The largest absolute Gasteiger partial charge is 0.395 e. The first-order valence-corrected chi connectivity index (χ1v) is 9.69. The van der Waals surface area contributed by atoms with Crippen LogP contribution >= 0.6 is 0 Å². The van der Waals surface area contributed by atoms with Crippen molar-refractivity contribution in [1.29, 1.82) is 0 Å². The number of nitrogens with one attached hydrogen (secondary N) is 1. The van der Waals surface area contributed by atoms with Crippen molar-refractivity contribution in [1.82, 2.24) is 25.0 Å². The van der Waals surface area contributed by atoms with E-state index in [4.69, 9.17) is 0 Å². The zero-order valence-corrected chi connectivity index (χ0v) is 16.2. The molecule has 1 aromatic heterocycles. The lowest BCUT2D eigenvalue weighted by Gasteiger charge is -2.34. The van der Waals surface area contributed by atoms with Crippen molar-refractivity contribution in [2.75, 3.05) is 26.2 Å². The summed E-state index contributed by atoms with van der Waals surface area (Å²) in [4.78, 5) is 19.1. The van der Waals surface area contributed by atoms with Crippen LogP contribution in [0.2, 0.25) is 0 Å². The van der Waals surface area contributed by atoms with Crippen molar-refractivity contribution in [3.8, 4) is 11.4 Å². The molecule has 0 spiro atoms. The van der Waals surface area contributed by atoms with Gasteiger partial charge in [0.15, 0.2) is 5.82 Å². The fraction of sp³-hybridized carbons (Fsp3) is 0.550. The Kier molecular flexibility index (Phi) is 6.58. The number of hydrogen-bond donors (Lipinski definition) is 2. The van der Waals surface area contributed by atoms with Gasteiger partial charge in [0, 0.05) is 37.3 Å². The van der Waals surface area contributed by atoms with E-state index in [-0.39, 0.29) is 18.6 Å². The van der Waals surface area contributed by atoms with Gasteiger partial charge in [0.25, 0.3) is 5.91 Å². The normalized spacial score (nSPS) is 17.8. The molecule has 7 heteroatoms. The predicted octanol–water partition coefficient (Wildman–Crippen LogP) is 1.76. The van der Waals surface area contributed by atoms with E-state index in [2.05, 4.69) is 20.3 Å². The molecule has 1 saturated heterocycles. The van der Waals surface area contributed by atoms with E-state index in [1.54, 1.807) is 4.68 Å². The number of rotatable bonds is 7. The summed E-state index contributed by atoms with van der Waals surface area (Å²) in [6.07, 6.45) is 4.35. The van der Waals surface area contributed by atoms with Crippen LogP contribution in [0.15, 0.2) is 24.3 Å². The number of amides is 1. The number of aromatic nitrogens is 3. The monoisotopic (exact) mass is 371 g/mol. The first-order chi connectivity index (χ1) is 13.1. The van der Waals surface area contributed by atoms with Gasteiger partial charge in [-0.1, -0.05) is 18.6 Å². The van der Waals surface area contributed by atoms with Gasteiger partial charge in [-0.3, -0.25) is 14.4 Å². The Morgan fingerprint density at radius 1 is 1.30 bits per heavy atom. The molecule has 0 aliphatic carbocycles. The molecule has 2 N–H and O–H groups in total. The van der Waals surface area contributed by atoms with Crippen LogP contribution < -0.4 is 5.32 Å². The fourth-order valence-electron chi connectivity index (χ4n) is 3.50. The summed E-state index contributed by atoms with van der Waals surface area (Å²) in [6.45, 7) is 4.72. The number of carbonyl (C=O) groups excluding carboxylic acids is 1. The Labute approximate surface area is 160 Å². The highest BCUT2D eigenvalue weighted by molar-refractivity contribution is 5.94. The van der Waals surface area contributed by atoms with E-state index in [9.17, 15) is 9.90 Å². The second kappa shape index (κ2) is 9.10. The van der Waals surface area contributed by atoms with Crippen LogP contribution in [0.4, 0.5) is 0 Å². The second-order valence-electron chi connectivity index (χ2n) is 7.16. The minimum absolute atomic E-state index is 0.0657. The summed E-state index contributed by atoms with van der Waals surface area (Å²) in [5, 5.41) is 16.8. The lowest BCUT2D eigenvalue weighted by Crippen LogP contribution is -2.43. The summed E-state index contributed by atoms with van der Waals surface area (Å²) in [6, 6.07) is 7.66. The Morgan fingerprint density at radius 3 is 2.74 bits per heavy atom. The topological polar surface area (TPSA) is 83.3 Å². The van der Waals surface area contributed by atoms with E-state index in [0.717, 1.165) is 37.3 Å². The van der Waals surface area contributed by atoms with Crippen LogP contribution in [-0.2, 0) is 7.05 Å². The first kappa shape index (κ1) is 19.5. The van der Waals surface area contributed by atoms with Crippen LogP contribution in [0.5, 0.6) is 0 Å². The standard InChI is InChI=1S/C20H29N5O2/c1-15-22-19(23-24(15)2)16-7-9-17(10-8-16)20(27)21-11-5-13-25-12-4-3-6-18(25)14-26/h7-10,18,26H,3-6,11-14H2,1-2H3,(H,21,27)/t18-/m0/s1. The van der Waals surface area contributed by atoms with E-state index in [1.165, 1.54) is 12.8 Å². The van der Waals surface area contributed by atoms with Crippen LogP contribution in [-0.4, -0.2) is 63.0 Å². The molecule has 1 amide bonds. The minimum Gasteiger partial charge on any atom is -0.395 e. The van der Waals surface area contributed by atoms with Gasteiger partial charge in [0.2, 0.25) is 0 Å². The zero-order valence-electron chi connectivity index (χ0n) is 16.2. The number of hydrogen-bond acceptors (Lipinski definition) is 5. The number of aryl methyl sites for hydroxylation is 2. The maximum absolute atomic E-state index is 12.3. The average Bonchev–Trinajstić information content (AvgIpc) is 3.04.